The molecule has 2 aromatic carbocycles. The standard InChI is InChI=1S/C19H18FN3O4/c1-12-2-7-15(16(10-12)23(26)27)22-18(25)17(24)21-11-19(8-9-19)13-3-5-14(20)6-4-13/h2-7,10H,8-9,11H2,1H3,(H,21,24)(H,22,25). The van der Waals surface area contributed by atoms with E-state index < -0.39 is 16.7 Å². The van der Waals surface area contributed by atoms with Gasteiger partial charge in [-0.3, -0.25) is 19.7 Å². The molecule has 0 bridgehead atoms. The largest absolute Gasteiger partial charge is 0.347 e. The maximum atomic E-state index is 13.1. The second-order valence-electron chi connectivity index (χ2n) is 6.70. The van der Waals surface area contributed by atoms with Crippen LogP contribution < -0.4 is 10.6 Å². The van der Waals surface area contributed by atoms with Crippen LogP contribution in [0.1, 0.15) is 24.0 Å². The van der Waals surface area contributed by atoms with Gasteiger partial charge in [0, 0.05) is 18.0 Å². The van der Waals surface area contributed by atoms with Gasteiger partial charge in [-0.25, -0.2) is 4.39 Å². The highest BCUT2D eigenvalue weighted by Crippen LogP contribution is 2.47. The van der Waals surface area contributed by atoms with E-state index in [9.17, 15) is 24.1 Å². The van der Waals surface area contributed by atoms with Crippen molar-refractivity contribution in [1.29, 1.82) is 0 Å². The fraction of sp³-hybridized carbons (Fsp3) is 0.263. The van der Waals surface area contributed by atoms with Gasteiger partial charge >= 0.3 is 11.8 Å². The molecule has 0 unspecified atom stereocenters. The highest BCUT2D eigenvalue weighted by molar-refractivity contribution is 6.39. The van der Waals surface area contributed by atoms with Crippen LogP contribution in [0.5, 0.6) is 0 Å². The van der Waals surface area contributed by atoms with E-state index >= 15 is 0 Å². The number of halogens is 1. The van der Waals surface area contributed by atoms with Gasteiger partial charge in [-0.15, -0.1) is 0 Å². The first-order valence-electron chi connectivity index (χ1n) is 8.41. The van der Waals surface area contributed by atoms with Gasteiger partial charge in [-0.2, -0.15) is 0 Å². The molecule has 140 valence electrons. The second kappa shape index (κ2) is 7.14. The molecule has 27 heavy (non-hydrogen) atoms. The van der Waals surface area contributed by atoms with Crippen molar-refractivity contribution in [2.24, 2.45) is 0 Å². The third kappa shape index (κ3) is 4.11. The fourth-order valence-corrected chi connectivity index (χ4v) is 2.93. The zero-order valence-electron chi connectivity index (χ0n) is 14.6. The molecular formula is C19H18FN3O4. The van der Waals surface area contributed by atoms with Gasteiger partial charge in [-0.05, 0) is 49.1 Å². The van der Waals surface area contributed by atoms with Crippen LogP contribution in [0.25, 0.3) is 0 Å². The summed E-state index contributed by atoms with van der Waals surface area (Å²) in [5, 5.41) is 15.9. The number of amides is 2. The lowest BCUT2D eigenvalue weighted by molar-refractivity contribution is -0.384. The van der Waals surface area contributed by atoms with Gasteiger partial charge < -0.3 is 10.6 Å². The first kappa shape index (κ1) is 18.5. The topological polar surface area (TPSA) is 101 Å². The highest BCUT2D eigenvalue weighted by atomic mass is 19.1. The molecule has 3 rings (SSSR count). The minimum atomic E-state index is -0.975. The van der Waals surface area contributed by atoms with Crippen molar-refractivity contribution < 1.29 is 18.9 Å². The molecule has 1 fully saturated rings. The normalized spacial score (nSPS) is 14.3. The van der Waals surface area contributed by atoms with Crippen LogP contribution >= 0.6 is 0 Å². The van der Waals surface area contributed by atoms with Crippen molar-refractivity contribution in [2.75, 3.05) is 11.9 Å². The Balaban J connectivity index is 1.63. The average molecular weight is 371 g/mol. The number of nitrogens with zero attached hydrogens (tertiary/aromatic N) is 1. The molecule has 2 amide bonds. The fourth-order valence-electron chi connectivity index (χ4n) is 2.93. The number of nitro groups is 1. The summed E-state index contributed by atoms with van der Waals surface area (Å²) in [6.07, 6.45) is 1.65. The molecule has 0 aliphatic heterocycles. The summed E-state index contributed by atoms with van der Waals surface area (Å²) < 4.78 is 13.1. The second-order valence-corrected chi connectivity index (χ2v) is 6.70. The van der Waals surface area contributed by atoms with Gasteiger partial charge in [-0.1, -0.05) is 18.2 Å². The quantitative estimate of drug-likeness (QED) is 0.479. The summed E-state index contributed by atoms with van der Waals surface area (Å²) >= 11 is 0. The van der Waals surface area contributed by atoms with Crippen LogP contribution in [0.4, 0.5) is 15.8 Å². The van der Waals surface area contributed by atoms with Crippen molar-refractivity contribution in [2.45, 2.75) is 25.2 Å². The van der Waals surface area contributed by atoms with Crippen LogP contribution in [-0.2, 0) is 15.0 Å². The number of aryl methyl sites for hydroxylation is 1. The van der Waals surface area contributed by atoms with Gasteiger partial charge in [0.2, 0.25) is 0 Å². The predicted octanol–water partition coefficient (Wildman–Crippen LogP) is 2.83. The monoisotopic (exact) mass is 371 g/mol. The van der Waals surface area contributed by atoms with Crippen molar-refractivity contribution in [1.82, 2.24) is 5.32 Å². The Labute approximate surface area is 154 Å². The number of carbonyl (C=O) groups excluding carboxylic acids is 2. The van der Waals surface area contributed by atoms with Gasteiger partial charge in [0.15, 0.2) is 0 Å². The molecule has 2 N–H and O–H groups in total. The summed E-state index contributed by atoms with van der Waals surface area (Å²) in [5.41, 5.74) is 0.962. The number of hydrogen-bond acceptors (Lipinski definition) is 4. The van der Waals surface area contributed by atoms with Crippen LogP contribution in [0.15, 0.2) is 42.5 Å². The Morgan fingerprint density at radius 1 is 1.15 bits per heavy atom. The van der Waals surface area contributed by atoms with Crippen molar-refractivity contribution >= 4 is 23.2 Å². The minimum absolute atomic E-state index is 0.0366. The summed E-state index contributed by atoms with van der Waals surface area (Å²) in [6, 6.07) is 10.4. The van der Waals surface area contributed by atoms with Crippen LogP contribution in [0, 0.1) is 22.9 Å². The molecule has 8 heteroatoms. The Bertz CT molecular complexity index is 908. The van der Waals surface area contributed by atoms with Crippen molar-refractivity contribution in [3.8, 4) is 0 Å². The maximum absolute atomic E-state index is 13.1. The van der Waals surface area contributed by atoms with E-state index in [2.05, 4.69) is 10.6 Å². The van der Waals surface area contributed by atoms with Crippen LogP contribution in [0.2, 0.25) is 0 Å². The number of hydrogen-bond donors (Lipinski definition) is 2. The first-order chi connectivity index (χ1) is 12.8. The zero-order valence-corrected chi connectivity index (χ0v) is 14.6. The molecule has 7 nitrogen and oxygen atoms in total. The Hall–Kier alpha value is -3.29. The van der Waals surface area contributed by atoms with Crippen molar-refractivity contribution in [3.63, 3.8) is 0 Å². The molecular weight excluding hydrogens is 353 g/mol. The van der Waals surface area contributed by atoms with E-state index in [1.54, 1.807) is 25.1 Å². The Morgan fingerprint density at radius 3 is 2.41 bits per heavy atom. The lowest BCUT2D eigenvalue weighted by Crippen LogP contribution is -2.39. The van der Waals surface area contributed by atoms with Gasteiger partial charge in [0.25, 0.3) is 5.69 Å². The number of benzene rings is 2. The molecule has 0 saturated heterocycles. The lowest BCUT2D eigenvalue weighted by atomic mass is 9.96. The highest BCUT2D eigenvalue weighted by Gasteiger charge is 2.44. The van der Waals surface area contributed by atoms with Crippen LogP contribution in [0.3, 0.4) is 0 Å². The number of nitrogens with one attached hydrogen (secondary N) is 2. The Morgan fingerprint density at radius 2 is 1.81 bits per heavy atom. The van der Waals surface area contributed by atoms with E-state index in [1.807, 2.05) is 0 Å². The molecule has 0 spiro atoms. The number of nitro benzene ring substituents is 1. The molecule has 1 saturated carbocycles. The van der Waals surface area contributed by atoms with E-state index in [1.165, 1.54) is 24.3 Å². The van der Waals surface area contributed by atoms with E-state index in [4.69, 9.17) is 0 Å². The molecule has 0 aromatic heterocycles. The van der Waals surface area contributed by atoms with Gasteiger partial charge in [0.05, 0.1) is 4.92 Å². The molecule has 1 aliphatic rings. The van der Waals surface area contributed by atoms with Gasteiger partial charge in [0.1, 0.15) is 11.5 Å². The van der Waals surface area contributed by atoms with Crippen molar-refractivity contribution in [3.05, 3.63) is 69.5 Å². The molecule has 0 radical (unpaired) electrons. The van der Waals surface area contributed by atoms with Crippen LogP contribution in [-0.4, -0.2) is 23.3 Å². The summed E-state index contributed by atoms with van der Waals surface area (Å²) in [5.74, 6) is -2.19. The zero-order chi connectivity index (χ0) is 19.6. The predicted molar refractivity (Wildman–Crippen MR) is 96.8 cm³/mol. The maximum Gasteiger partial charge on any atom is 0.313 e. The third-order valence-electron chi connectivity index (χ3n) is 4.70. The summed E-state index contributed by atoms with van der Waals surface area (Å²) in [4.78, 5) is 34.7. The SMILES string of the molecule is Cc1ccc(NC(=O)C(=O)NCC2(c3ccc(F)cc3)CC2)c([N+](=O)[O-])c1. The Kier molecular flexibility index (Phi) is 4.89. The summed E-state index contributed by atoms with van der Waals surface area (Å²) in [7, 11) is 0. The molecule has 0 heterocycles. The first-order valence-corrected chi connectivity index (χ1v) is 8.41. The van der Waals surface area contributed by atoms with E-state index in [0.29, 0.717) is 5.56 Å². The van der Waals surface area contributed by atoms with E-state index in [-0.39, 0.29) is 29.2 Å². The molecule has 1 aliphatic carbocycles. The minimum Gasteiger partial charge on any atom is -0.347 e. The number of rotatable bonds is 5. The molecule has 2 aromatic rings. The number of carbonyl (C=O) groups is 2. The number of anilines is 1. The van der Waals surface area contributed by atoms with E-state index in [0.717, 1.165) is 18.4 Å². The third-order valence-corrected chi connectivity index (χ3v) is 4.70. The average Bonchev–Trinajstić information content (AvgIpc) is 3.42. The molecule has 0 atom stereocenters. The smallest absolute Gasteiger partial charge is 0.313 e. The lowest BCUT2D eigenvalue weighted by Gasteiger charge is -2.16. The summed E-state index contributed by atoms with van der Waals surface area (Å²) in [6.45, 7) is 1.93.